The number of hydrogen-bond donors (Lipinski definition) is 0. The molecule has 1 atom stereocenters. The molecule has 4 rings (SSSR count). The summed E-state index contributed by atoms with van der Waals surface area (Å²) in [5.41, 5.74) is 2.31. The molecule has 1 aromatic carbocycles. The third-order valence-electron chi connectivity index (χ3n) is 5.74. The van der Waals surface area contributed by atoms with Gasteiger partial charge in [-0.25, -0.2) is 0 Å². The van der Waals surface area contributed by atoms with Gasteiger partial charge in [0.2, 0.25) is 5.91 Å². The van der Waals surface area contributed by atoms with Gasteiger partial charge in [0, 0.05) is 37.7 Å². The van der Waals surface area contributed by atoms with E-state index in [1.165, 1.54) is 0 Å². The largest absolute Gasteiger partial charge is 0.337 e. The van der Waals surface area contributed by atoms with Crippen molar-refractivity contribution in [3.63, 3.8) is 0 Å². The van der Waals surface area contributed by atoms with Gasteiger partial charge < -0.3 is 9.80 Å². The molecule has 3 heterocycles. The smallest absolute Gasteiger partial charge is 0.255 e. The Morgan fingerprint density at radius 3 is 2.67 bits per heavy atom. The standard InChI is InChI=1S/C21H24N4O2/c1-16-10-17(12-22-11-16)20(27)24-9-8-21(14-24)15-25(19(26)13-23(21)2)18-6-4-3-5-7-18/h3-7,10-12H,8-9,13-15H2,1-2H3/t21-/m0/s1. The number of amides is 2. The molecule has 0 radical (unpaired) electrons. The normalized spacial score (nSPS) is 23.3. The number of carbonyl (C=O) groups excluding carboxylic acids is 2. The lowest BCUT2D eigenvalue weighted by Gasteiger charge is -2.46. The van der Waals surface area contributed by atoms with E-state index in [4.69, 9.17) is 0 Å². The van der Waals surface area contributed by atoms with Crippen LogP contribution in [0.1, 0.15) is 22.3 Å². The molecule has 6 heteroatoms. The summed E-state index contributed by atoms with van der Waals surface area (Å²) in [5.74, 6) is 0.113. The van der Waals surface area contributed by atoms with Gasteiger partial charge in [0.05, 0.1) is 17.6 Å². The van der Waals surface area contributed by atoms with Gasteiger partial charge in [-0.05, 0) is 44.2 Å². The molecule has 0 bridgehead atoms. The van der Waals surface area contributed by atoms with Crippen molar-refractivity contribution < 1.29 is 9.59 Å². The Labute approximate surface area is 159 Å². The predicted molar refractivity (Wildman–Crippen MR) is 104 cm³/mol. The molecule has 1 spiro atoms. The molecule has 27 heavy (non-hydrogen) atoms. The summed E-state index contributed by atoms with van der Waals surface area (Å²) in [6, 6.07) is 11.7. The fourth-order valence-electron chi connectivity index (χ4n) is 4.13. The number of benzene rings is 1. The van der Waals surface area contributed by atoms with E-state index in [1.54, 1.807) is 12.4 Å². The SMILES string of the molecule is Cc1cncc(C(=O)N2CC[C@]3(C2)CN(c2ccccc2)C(=O)CN3C)c1. The third-order valence-corrected chi connectivity index (χ3v) is 5.74. The van der Waals surface area contributed by atoms with Crippen LogP contribution in [0.2, 0.25) is 0 Å². The van der Waals surface area contributed by atoms with Crippen LogP contribution in [0.4, 0.5) is 5.69 Å². The first-order chi connectivity index (χ1) is 13.0. The molecular weight excluding hydrogens is 340 g/mol. The van der Waals surface area contributed by atoms with E-state index < -0.39 is 0 Å². The average molecular weight is 364 g/mol. The summed E-state index contributed by atoms with van der Waals surface area (Å²) < 4.78 is 0. The molecule has 1 aromatic heterocycles. The minimum atomic E-state index is -0.212. The van der Waals surface area contributed by atoms with Crippen LogP contribution in [-0.2, 0) is 4.79 Å². The zero-order chi connectivity index (χ0) is 19.0. The molecule has 0 N–H and O–H groups in total. The van der Waals surface area contributed by atoms with E-state index in [1.807, 2.05) is 60.2 Å². The molecule has 2 saturated heterocycles. The van der Waals surface area contributed by atoms with E-state index in [9.17, 15) is 9.59 Å². The Hall–Kier alpha value is -2.73. The first-order valence-electron chi connectivity index (χ1n) is 9.26. The van der Waals surface area contributed by atoms with Crippen LogP contribution in [0.5, 0.6) is 0 Å². The molecule has 6 nitrogen and oxygen atoms in total. The monoisotopic (exact) mass is 364 g/mol. The lowest BCUT2D eigenvalue weighted by atomic mass is 9.92. The van der Waals surface area contributed by atoms with Crippen molar-refractivity contribution in [1.82, 2.24) is 14.8 Å². The summed E-state index contributed by atoms with van der Waals surface area (Å²) >= 11 is 0. The maximum absolute atomic E-state index is 12.9. The van der Waals surface area contributed by atoms with Gasteiger partial charge in [-0.2, -0.15) is 0 Å². The maximum Gasteiger partial charge on any atom is 0.255 e. The summed E-state index contributed by atoms with van der Waals surface area (Å²) in [7, 11) is 1.99. The number of carbonyl (C=O) groups is 2. The number of aryl methyl sites for hydroxylation is 1. The first-order valence-corrected chi connectivity index (χ1v) is 9.26. The van der Waals surface area contributed by atoms with Crippen LogP contribution < -0.4 is 4.90 Å². The maximum atomic E-state index is 12.9. The first kappa shape index (κ1) is 17.7. The van der Waals surface area contributed by atoms with E-state index in [-0.39, 0.29) is 17.4 Å². The second-order valence-corrected chi connectivity index (χ2v) is 7.62. The zero-order valence-electron chi connectivity index (χ0n) is 15.8. The number of anilines is 1. The van der Waals surface area contributed by atoms with E-state index in [2.05, 4.69) is 9.88 Å². The van der Waals surface area contributed by atoms with Crippen molar-refractivity contribution in [3.05, 3.63) is 59.9 Å². The lowest BCUT2D eigenvalue weighted by molar-refractivity contribution is -0.123. The Balaban J connectivity index is 1.56. The van der Waals surface area contributed by atoms with Crippen LogP contribution in [-0.4, -0.2) is 65.4 Å². The van der Waals surface area contributed by atoms with Gasteiger partial charge in [-0.15, -0.1) is 0 Å². The molecule has 0 unspecified atom stereocenters. The average Bonchev–Trinajstić information content (AvgIpc) is 3.10. The van der Waals surface area contributed by atoms with Crippen molar-refractivity contribution in [3.8, 4) is 0 Å². The summed E-state index contributed by atoms with van der Waals surface area (Å²) in [4.78, 5) is 35.6. The number of hydrogen-bond acceptors (Lipinski definition) is 4. The number of nitrogens with zero attached hydrogens (tertiary/aromatic N) is 4. The number of piperazine rings is 1. The van der Waals surface area contributed by atoms with Crippen molar-refractivity contribution in [2.75, 3.05) is 38.1 Å². The lowest BCUT2D eigenvalue weighted by Crippen LogP contribution is -2.64. The van der Waals surface area contributed by atoms with Gasteiger partial charge >= 0.3 is 0 Å². The minimum absolute atomic E-state index is 0.0136. The van der Waals surface area contributed by atoms with Crippen molar-refractivity contribution >= 4 is 17.5 Å². The van der Waals surface area contributed by atoms with Crippen molar-refractivity contribution in [1.29, 1.82) is 0 Å². The molecule has 140 valence electrons. The molecule has 2 amide bonds. The molecule has 2 fully saturated rings. The molecule has 0 aliphatic carbocycles. The highest BCUT2D eigenvalue weighted by atomic mass is 16.2. The Bertz CT molecular complexity index is 869. The van der Waals surface area contributed by atoms with Gasteiger partial charge in [-0.1, -0.05) is 18.2 Å². The van der Waals surface area contributed by atoms with Gasteiger partial charge in [0.15, 0.2) is 0 Å². The highest BCUT2D eigenvalue weighted by Crippen LogP contribution is 2.33. The predicted octanol–water partition coefficient (Wildman–Crippen LogP) is 1.95. The topological polar surface area (TPSA) is 56.8 Å². The quantitative estimate of drug-likeness (QED) is 0.817. The Morgan fingerprint density at radius 1 is 1.15 bits per heavy atom. The zero-order valence-corrected chi connectivity index (χ0v) is 15.8. The number of para-hydroxylation sites is 1. The number of rotatable bonds is 2. The van der Waals surface area contributed by atoms with Gasteiger partial charge in [0.1, 0.15) is 0 Å². The Morgan fingerprint density at radius 2 is 1.93 bits per heavy atom. The molecule has 2 aliphatic heterocycles. The fourth-order valence-corrected chi connectivity index (χ4v) is 4.13. The number of likely N-dealkylation sites (N-methyl/N-ethyl adjacent to an activating group) is 1. The van der Waals surface area contributed by atoms with Crippen LogP contribution in [0, 0.1) is 6.92 Å². The van der Waals surface area contributed by atoms with E-state index >= 15 is 0 Å². The molecule has 2 aromatic rings. The van der Waals surface area contributed by atoms with Crippen molar-refractivity contribution in [2.24, 2.45) is 0 Å². The summed E-state index contributed by atoms with van der Waals surface area (Å²) in [6.45, 7) is 4.21. The second kappa shape index (κ2) is 6.78. The molecule has 2 aliphatic rings. The number of pyridine rings is 1. The van der Waals surface area contributed by atoms with Crippen LogP contribution in [0.15, 0.2) is 48.8 Å². The number of aromatic nitrogens is 1. The van der Waals surface area contributed by atoms with Crippen LogP contribution in [0.25, 0.3) is 0 Å². The van der Waals surface area contributed by atoms with E-state index in [0.29, 0.717) is 31.7 Å². The highest BCUT2D eigenvalue weighted by molar-refractivity contribution is 5.96. The number of likely N-dealkylation sites (tertiary alicyclic amines) is 1. The van der Waals surface area contributed by atoms with E-state index in [0.717, 1.165) is 17.7 Å². The molecular formula is C21H24N4O2. The minimum Gasteiger partial charge on any atom is -0.337 e. The highest BCUT2D eigenvalue weighted by Gasteiger charge is 2.48. The van der Waals surface area contributed by atoms with Crippen LogP contribution in [0.3, 0.4) is 0 Å². The second-order valence-electron chi connectivity index (χ2n) is 7.62. The van der Waals surface area contributed by atoms with Gasteiger partial charge in [0.25, 0.3) is 5.91 Å². The summed E-state index contributed by atoms with van der Waals surface area (Å²) in [5, 5.41) is 0. The summed E-state index contributed by atoms with van der Waals surface area (Å²) in [6.07, 6.45) is 4.23. The fraction of sp³-hybridized carbons (Fsp3) is 0.381. The van der Waals surface area contributed by atoms with Gasteiger partial charge in [-0.3, -0.25) is 19.5 Å². The molecule has 0 saturated carbocycles. The Kier molecular flexibility index (Phi) is 4.44. The third kappa shape index (κ3) is 3.21. The van der Waals surface area contributed by atoms with Crippen LogP contribution >= 0.6 is 0 Å². The van der Waals surface area contributed by atoms with Crippen molar-refractivity contribution in [2.45, 2.75) is 18.9 Å².